The van der Waals surface area contributed by atoms with E-state index in [4.69, 9.17) is 9.47 Å². The van der Waals surface area contributed by atoms with Gasteiger partial charge in [0.15, 0.2) is 0 Å². The van der Waals surface area contributed by atoms with Crippen molar-refractivity contribution < 1.29 is 19.1 Å². The lowest BCUT2D eigenvalue weighted by atomic mass is 9.69. The number of carbonyl (C=O) groups excluding carboxylic acids is 2. The molecular formula is C16H28O4. The van der Waals surface area contributed by atoms with Crippen molar-refractivity contribution >= 4 is 11.9 Å². The van der Waals surface area contributed by atoms with Gasteiger partial charge in [0.1, 0.15) is 5.57 Å². The third-order valence-electron chi connectivity index (χ3n) is 2.71. The van der Waals surface area contributed by atoms with Gasteiger partial charge in [0.2, 0.25) is 0 Å². The first-order valence-electron chi connectivity index (χ1n) is 7.06. The van der Waals surface area contributed by atoms with E-state index in [1.54, 1.807) is 13.8 Å². The molecule has 0 atom stereocenters. The topological polar surface area (TPSA) is 52.6 Å². The van der Waals surface area contributed by atoms with Crippen molar-refractivity contribution in [1.82, 2.24) is 0 Å². The second kappa shape index (κ2) is 6.91. The molecule has 0 N–H and O–H groups in total. The molecule has 0 radical (unpaired) electrons. The molecule has 0 fully saturated rings. The van der Waals surface area contributed by atoms with Crippen molar-refractivity contribution in [3.8, 4) is 0 Å². The Balaban J connectivity index is 6.15. The molecule has 0 aliphatic carbocycles. The van der Waals surface area contributed by atoms with Crippen LogP contribution in [0.3, 0.4) is 0 Å². The highest BCUT2D eigenvalue weighted by Gasteiger charge is 2.37. The van der Waals surface area contributed by atoms with Gasteiger partial charge in [0.05, 0.1) is 13.2 Å². The van der Waals surface area contributed by atoms with Gasteiger partial charge in [0.25, 0.3) is 0 Å². The Kier molecular flexibility index (Phi) is 6.45. The van der Waals surface area contributed by atoms with Crippen LogP contribution in [0.4, 0.5) is 0 Å². The first-order valence-corrected chi connectivity index (χ1v) is 7.06. The summed E-state index contributed by atoms with van der Waals surface area (Å²) >= 11 is 0. The fourth-order valence-electron chi connectivity index (χ4n) is 2.57. The summed E-state index contributed by atoms with van der Waals surface area (Å²) in [5.74, 6) is -1.21. The number of hydrogen-bond donors (Lipinski definition) is 0. The summed E-state index contributed by atoms with van der Waals surface area (Å²) in [6.07, 6.45) is 0. The van der Waals surface area contributed by atoms with Gasteiger partial charge in [-0.1, -0.05) is 41.5 Å². The van der Waals surface area contributed by atoms with Crippen molar-refractivity contribution in [1.29, 1.82) is 0 Å². The standard InChI is InChI=1S/C16H28O4/c1-9-19-13(17)11(14(18)20-10-2)12(15(3,4)5)16(6,7)8/h9-10H2,1-8H3. The molecule has 0 rings (SSSR count). The van der Waals surface area contributed by atoms with E-state index in [1.807, 2.05) is 41.5 Å². The monoisotopic (exact) mass is 284 g/mol. The lowest BCUT2D eigenvalue weighted by Gasteiger charge is -2.35. The molecule has 0 aliphatic heterocycles. The number of rotatable bonds is 4. The second-order valence-corrected chi connectivity index (χ2v) is 6.69. The van der Waals surface area contributed by atoms with E-state index >= 15 is 0 Å². The van der Waals surface area contributed by atoms with Crippen LogP contribution in [0.5, 0.6) is 0 Å². The van der Waals surface area contributed by atoms with Crippen LogP contribution in [0, 0.1) is 10.8 Å². The SMILES string of the molecule is CCOC(=O)C(C(=O)OCC)=C(C(C)(C)C)C(C)(C)C. The Bertz CT molecular complexity index is 356. The molecule has 0 saturated carbocycles. The van der Waals surface area contributed by atoms with Crippen LogP contribution in [0.15, 0.2) is 11.1 Å². The van der Waals surface area contributed by atoms with E-state index in [0.29, 0.717) is 0 Å². The Morgan fingerprint density at radius 2 is 1.05 bits per heavy atom. The molecule has 0 aliphatic rings. The Hall–Kier alpha value is -1.32. The van der Waals surface area contributed by atoms with E-state index in [9.17, 15) is 9.59 Å². The van der Waals surface area contributed by atoms with Gasteiger partial charge in [-0.05, 0) is 30.3 Å². The van der Waals surface area contributed by atoms with Crippen LogP contribution in [0.2, 0.25) is 0 Å². The summed E-state index contributed by atoms with van der Waals surface area (Å²) in [4.78, 5) is 24.4. The lowest BCUT2D eigenvalue weighted by Crippen LogP contribution is -2.31. The Labute approximate surface area is 122 Å². The van der Waals surface area contributed by atoms with E-state index in [1.165, 1.54) is 0 Å². The minimum Gasteiger partial charge on any atom is -0.462 e. The minimum atomic E-state index is -0.606. The lowest BCUT2D eigenvalue weighted by molar-refractivity contribution is -0.147. The van der Waals surface area contributed by atoms with Crippen LogP contribution in [-0.4, -0.2) is 25.2 Å². The van der Waals surface area contributed by atoms with Crippen molar-refractivity contribution in [2.75, 3.05) is 13.2 Å². The number of ether oxygens (including phenoxy) is 2. The molecule has 0 aromatic rings. The number of hydrogen-bond acceptors (Lipinski definition) is 4. The molecule has 116 valence electrons. The van der Waals surface area contributed by atoms with Gasteiger partial charge in [-0.2, -0.15) is 0 Å². The molecule has 0 amide bonds. The molecule has 0 unspecified atom stereocenters. The first kappa shape index (κ1) is 18.7. The maximum atomic E-state index is 12.2. The average Bonchev–Trinajstić information content (AvgIpc) is 2.22. The maximum Gasteiger partial charge on any atom is 0.345 e. The third-order valence-corrected chi connectivity index (χ3v) is 2.71. The van der Waals surface area contributed by atoms with Crippen molar-refractivity contribution in [3.05, 3.63) is 11.1 Å². The third kappa shape index (κ3) is 4.99. The molecule has 20 heavy (non-hydrogen) atoms. The van der Waals surface area contributed by atoms with E-state index < -0.39 is 11.9 Å². The van der Waals surface area contributed by atoms with Gasteiger partial charge < -0.3 is 9.47 Å². The average molecular weight is 284 g/mol. The summed E-state index contributed by atoms with van der Waals surface area (Å²) in [5.41, 5.74) is 0.107. The molecule has 0 aromatic heterocycles. The Morgan fingerprint density at radius 1 is 0.750 bits per heavy atom. The number of esters is 2. The zero-order valence-electron chi connectivity index (χ0n) is 14.0. The minimum absolute atomic E-state index is 0.0358. The number of allylic oxidation sites excluding steroid dienone is 1. The van der Waals surface area contributed by atoms with E-state index in [2.05, 4.69) is 0 Å². The van der Waals surface area contributed by atoms with Crippen LogP contribution in [0.1, 0.15) is 55.4 Å². The predicted molar refractivity (Wildman–Crippen MR) is 79.2 cm³/mol. The first-order chi connectivity index (χ1) is 8.96. The molecule has 0 aromatic carbocycles. The number of carbonyl (C=O) groups is 2. The molecule has 0 spiro atoms. The highest BCUT2D eigenvalue weighted by atomic mass is 16.6. The van der Waals surface area contributed by atoms with Gasteiger partial charge in [-0.15, -0.1) is 0 Å². The normalized spacial score (nSPS) is 11.8. The molecule has 0 bridgehead atoms. The van der Waals surface area contributed by atoms with Crippen LogP contribution < -0.4 is 0 Å². The van der Waals surface area contributed by atoms with Gasteiger partial charge in [-0.3, -0.25) is 0 Å². The van der Waals surface area contributed by atoms with Crippen LogP contribution in [-0.2, 0) is 19.1 Å². The van der Waals surface area contributed by atoms with Gasteiger partial charge >= 0.3 is 11.9 Å². The predicted octanol–water partition coefficient (Wildman–Crippen LogP) is 3.50. The highest BCUT2D eigenvalue weighted by Crippen LogP contribution is 2.41. The summed E-state index contributed by atoms with van der Waals surface area (Å²) in [6.45, 7) is 15.8. The molecule has 0 heterocycles. The van der Waals surface area contributed by atoms with Crippen molar-refractivity contribution in [2.45, 2.75) is 55.4 Å². The largest absolute Gasteiger partial charge is 0.462 e. The van der Waals surface area contributed by atoms with E-state index in [-0.39, 0.29) is 29.6 Å². The highest BCUT2D eigenvalue weighted by molar-refractivity contribution is 6.15. The van der Waals surface area contributed by atoms with Crippen LogP contribution >= 0.6 is 0 Å². The molecular weight excluding hydrogens is 256 g/mol. The Morgan fingerprint density at radius 3 is 1.25 bits per heavy atom. The molecule has 4 nitrogen and oxygen atoms in total. The summed E-state index contributed by atoms with van der Waals surface area (Å²) in [6, 6.07) is 0. The smallest absolute Gasteiger partial charge is 0.345 e. The fourth-order valence-corrected chi connectivity index (χ4v) is 2.57. The summed E-state index contributed by atoms with van der Waals surface area (Å²) in [7, 11) is 0. The maximum absolute atomic E-state index is 12.2. The summed E-state index contributed by atoms with van der Waals surface area (Å²) in [5, 5.41) is 0. The van der Waals surface area contributed by atoms with Crippen molar-refractivity contribution in [2.24, 2.45) is 10.8 Å². The summed E-state index contributed by atoms with van der Waals surface area (Å²) < 4.78 is 10.1. The molecule has 0 saturated heterocycles. The zero-order chi connectivity index (χ0) is 16.1. The van der Waals surface area contributed by atoms with E-state index in [0.717, 1.165) is 5.57 Å². The quantitative estimate of drug-likeness (QED) is 0.343. The van der Waals surface area contributed by atoms with Gasteiger partial charge in [-0.25, -0.2) is 9.59 Å². The van der Waals surface area contributed by atoms with Crippen molar-refractivity contribution in [3.63, 3.8) is 0 Å². The van der Waals surface area contributed by atoms with Gasteiger partial charge in [0, 0.05) is 0 Å². The van der Waals surface area contributed by atoms with Crippen LogP contribution in [0.25, 0.3) is 0 Å². The molecule has 4 heteroatoms. The zero-order valence-corrected chi connectivity index (χ0v) is 14.0. The second-order valence-electron chi connectivity index (χ2n) is 6.69. The fraction of sp³-hybridized carbons (Fsp3) is 0.750.